The number of amides is 2. The van der Waals surface area contributed by atoms with Gasteiger partial charge in [-0.15, -0.1) is 12.4 Å². The van der Waals surface area contributed by atoms with Crippen molar-refractivity contribution in [3.8, 4) is 0 Å². The van der Waals surface area contributed by atoms with Crippen molar-refractivity contribution < 1.29 is 9.59 Å². The lowest BCUT2D eigenvalue weighted by Crippen LogP contribution is -2.37. The summed E-state index contributed by atoms with van der Waals surface area (Å²) in [5.41, 5.74) is 1.09. The van der Waals surface area contributed by atoms with Crippen LogP contribution < -0.4 is 0 Å². The lowest BCUT2D eigenvalue weighted by Gasteiger charge is -2.19. The standard InChI is InChI=1S/C14H16N2O2.ClH/c17-13-11-5-1-2-6-12(11)14(18)16(13)10-9-15-7-3-4-8-15;/h1-2,5-6H,3-4,7-10H2;1H. The minimum Gasteiger partial charge on any atom is -0.302 e. The predicted octanol–water partition coefficient (Wildman–Crippen LogP) is 1.80. The van der Waals surface area contributed by atoms with Gasteiger partial charge in [-0.05, 0) is 38.1 Å². The summed E-state index contributed by atoms with van der Waals surface area (Å²) in [5, 5.41) is 0. The van der Waals surface area contributed by atoms with E-state index in [1.54, 1.807) is 24.3 Å². The molecule has 0 radical (unpaired) electrons. The van der Waals surface area contributed by atoms with Crippen molar-refractivity contribution in [3.63, 3.8) is 0 Å². The first-order chi connectivity index (χ1) is 8.77. The van der Waals surface area contributed by atoms with Crippen LogP contribution in [0.4, 0.5) is 0 Å². The normalized spacial score (nSPS) is 18.6. The summed E-state index contributed by atoms with van der Waals surface area (Å²) in [6.45, 7) is 3.48. The number of hydrogen-bond donors (Lipinski definition) is 0. The summed E-state index contributed by atoms with van der Waals surface area (Å²) in [6.07, 6.45) is 2.45. The van der Waals surface area contributed by atoms with Crippen molar-refractivity contribution in [2.75, 3.05) is 26.2 Å². The smallest absolute Gasteiger partial charge is 0.261 e. The van der Waals surface area contributed by atoms with Gasteiger partial charge in [0.25, 0.3) is 11.8 Å². The molecule has 0 saturated carbocycles. The Bertz CT molecular complexity index is 463. The number of halogens is 1. The summed E-state index contributed by atoms with van der Waals surface area (Å²) in [7, 11) is 0. The van der Waals surface area contributed by atoms with Gasteiger partial charge in [0, 0.05) is 13.1 Å². The van der Waals surface area contributed by atoms with Crippen molar-refractivity contribution in [2.24, 2.45) is 0 Å². The van der Waals surface area contributed by atoms with Gasteiger partial charge in [-0.2, -0.15) is 0 Å². The third kappa shape index (κ3) is 2.51. The molecule has 1 aromatic rings. The van der Waals surface area contributed by atoms with Crippen molar-refractivity contribution in [1.82, 2.24) is 9.80 Å². The lowest BCUT2D eigenvalue weighted by molar-refractivity contribution is 0.0641. The van der Waals surface area contributed by atoms with Crippen LogP contribution in [0.2, 0.25) is 0 Å². The van der Waals surface area contributed by atoms with Crippen LogP contribution in [-0.2, 0) is 0 Å². The molecular weight excluding hydrogens is 264 g/mol. The highest BCUT2D eigenvalue weighted by Crippen LogP contribution is 2.22. The third-order valence-corrected chi connectivity index (χ3v) is 3.72. The molecule has 0 unspecified atom stereocenters. The zero-order valence-electron chi connectivity index (χ0n) is 10.7. The lowest BCUT2D eigenvalue weighted by atomic mass is 10.1. The molecule has 1 saturated heterocycles. The Balaban J connectivity index is 0.00000133. The van der Waals surface area contributed by atoms with Crippen molar-refractivity contribution in [3.05, 3.63) is 35.4 Å². The van der Waals surface area contributed by atoms with Crippen LogP contribution in [0.25, 0.3) is 0 Å². The molecule has 4 nitrogen and oxygen atoms in total. The molecule has 0 aliphatic carbocycles. The van der Waals surface area contributed by atoms with E-state index in [4.69, 9.17) is 0 Å². The molecule has 0 bridgehead atoms. The zero-order valence-corrected chi connectivity index (χ0v) is 11.5. The number of benzene rings is 1. The topological polar surface area (TPSA) is 40.6 Å². The van der Waals surface area contributed by atoms with Crippen LogP contribution in [-0.4, -0.2) is 47.8 Å². The number of hydrogen-bond acceptors (Lipinski definition) is 3. The van der Waals surface area contributed by atoms with E-state index in [0.717, 1.165) is 19.6 Å². The minimum absolute atomic E-state index is 0. The fraction of sp³-hybridized carbons (Fsp3) is 0.429. The molecule has 2 aliphatic rings. The van der Waals surface area contributed by atoms with E-state index in [-0.39, 0.29) is 24.2 Å². The molecule has 3 rings (SSSR count). The van der Waals surface area contributed by atoms with E-state index >= 15 is 0 Å². The SMILES string of the molecule is Cl.O=C1c2ccccc2C(=O)N1CCN1CCCC1. The van der Waals surface area contributed by atoms with Gasteiger partial charge in [0.2, 0.25) is 0 Å². The van der Waals surface area contributed by atoms with Gasteiger partial charge in [0.1, 0.15) is 0 Å². The second-order valence-electron chi connectivity index (χ2n) is 4.86. The molecule has 2 heterocycles. The Labute approximate surface area is 118 Å². The van der Waals surface area contributed by atoms with Gasteiger partial charge in [-0.1, -0.05) is 12.1 Å². The van der Waals surface area contributed by atoms with E-state index in [2.05, 4.69) is 4.90 Å². The fourth-order valence-electron chi connectivity index (χ4n) is 2.69. The molecular formula is C14H17ClN2O2. The second-order valence-corrected chi connectivity index (χ2v) is 4.86. The fourth-order valence-corrected chi connectivity index (χ4v) is 2.69. The Kier molecular flexibility index (Phi) is 4.22. The Morgan fingerprint density at radius 1 is 0.895 bits per heavy atom. The number of carbonyl (C=O) groups excluding carboxylic acids is 2. The summed E-state index contributed by atoms with van der Waals surface area (Å²) in [5.74, 6) is -0.287. The van der Waals surface area contributed by atoms with Crippen molar-refractivity contribution in [2.45, 2.75) is 12.8 Å². The molecule has 0 spiro atoms. The number of fused-ring (bicyclic) bond motifs is 1. The predicted molar refractivity (Wildman–Crippen MR) is 74.7 cm³/mol. The van der Waals surface area contributed by atoms with E-state index in [9.17, 15) is 9.59 Å². The van der Waals surface area contributed by atoms with E-state index in [1.807, 2.05) is 0 Å². The number of rotatable bonds is 3. The molecule has 0 N–H and O–H groups in total. The summed E-state index contributed by atoms with van der Waals surface area (Å²) < 4.78 is 0. The molecule has 102 valence electrons. The Morgan fingerprint density at radius 2 is 1.42 bits per heavy atom. The van der Waals surface area contributed by atoms with E-state index < -0.39 is 0 Å². The maximum absolute atomic E-state index is 12.1. The molecule has 2 aliphatic heterocycles. The highest BCUT2D eigenvalue weighted by Gasteiger charge is 2.34. The Morgan fingerprint density at radius 3 is 1.95 bits per heavy atom. The van der Waals surface area contributed by atoms with Crippen LogP contribution in [0.3, 0.4) is 0 Å². The van der Waals surface area contributed by atoms with Crippen LogP contribution >= 0.6 is 12.4 Å². The number of imide groups is 1. The largest absolute Gasteiger partial charge is 0.302 e. The van der Waals surface area contributed by atoms with Gasteiger partial charge in [0.05, 0.1) is 11.1 Å². The highest BCUT2D eigenvalue weighted by atomic mass is 35.5. The minimum atomic E-state index is -0.144. The first kappa shape index (κ1) is 14.0. The quantitative estimate of drug-likeness (QED) is 0.793. The molecule has 19 heavy (non-hydrogen) atoms. The van der Waals surface area contributed by atoms with Gasteiger partial charge >= 0.3 is 0 Å². The van der Waals surface area contributed by atoms with Gasteiger partial charge in [0.15, 0.2) is 0 Å². The number of likely N-dealkylation sites (tertiary alicyclic amines) is 1. The first-order valence-corrected chi connectivity index (χ1v) is 6.45. The molecule has 0 aromatic heterocycles. The summed E-state index contributed by atoms with van der Waals surface area (Å²) in [6, 6.07) is 7.05. The van der Waals surface area contributed by atoms with Crippen LogP contribution in [0.5, 0.6) is 0 Å². The molecule has 5 heteroatoms. The monoisotopic (exact) mass is 280 g/mol. The average molecular weight is 281 g/mol. The first-order valence-electron chi connectivity index (χ1n) is 6.45. The molecule has 0 atom stereocenters. The summed E-state index contributed by atoms with van der Waals surface area (Å²) >= 11 is 0. The average Bonchev–Trinajstić information content (AvgIpc) is 2.98. The van der Waals surface area contributed by atoms with Crippen molar-refractivity contribution in [1.29, 1.82) is 0 Å². The second kappa shape index (κ2) is 5.72. The molecule has 1 fully saturated rings. The molecule has 2 amide bonds. The van der Waals surface area contributed by atoms with Crippen LogP contribution in [0, 0.1) is 0 Å². The van der Waals surface area contributed by atoms with Gasteiger partial charge in [-0.25, -0.2) is 0 Å². The van der Waals surface area contributed by atoms with Crippen LogP contribution in [0.1, 0.15) is 33.6 Å². The van der Waals surface area contributed by atoms with E-state index in [1.165, 1.54) is 17.7 Å². The van der Waals surface area contributed by atoms with E-state index in [0.29, 0.717) is 17.7 Å². The maximum Gasteiger partial charge on any atom is 0.261 e. The van der Waals surface area contributed by atoms with Gasteiger partial charge < -0.3 is 4.90 Å². The van der Waals surface area contributed by atoms with Crippen LogP contribution in [0.15, 0.2) is 24.3 Å². The third-order valence-electron chi connectivity index (χ3n) is 3.72. The van der Waals surface area contributed by atoms with Crippen molar-refractivity contribution >= 4 is 24.2 Å². The maximum atomic E-state index is 12.1. The zero-order chi connectivity index (χ0) is 12.5. The molecule has 1 aromatic carbocycles. The Hall–Kier alpha value is -1.39. The number of nitrogens with zero attached hydrogens (tertiary/aromatic N) is 2. The summed E-state index contributed by atoms with van der Waals surface area (Å²) in [4.78, 5) is 27.9. The number of carbonyl (C=O) groups is 2. The highest BCUT2D eigenvalue weighted by molar-refractivity contribution is 6.21. The van der Waals surface area contributed by atoms with Gasteiger partial charge in [-0.3, -0.25) is 14.5 Å².